The first-order valence-electron chi connectivity index (χ1n) is 10.6. The maximum absolute atomic E-state index is 13.1. The molecular weight excluding hydrogens is 495 g/mol. The van der Waals surface area contributed by atoms with Crippen molar-refractivity contribution in [1.29, 1.82) is 0 Å². The fourth-order valence-corrected chi connectivity index (χ4v) is 6.31. The number of halogens is 2. The van der Waals surface area contributed by atoms with Gasteiger partial charge < -0.3 is 10.4 Å². The van der Waals surface area contributed by atoms with Crippen molar-refractivity contribution in [2.24, 2.45) is 5.92 Å². The Bertz CT molecular complexity index is 1440. The second-order valence-electron chi connectivity index (χ2n) is 8.32. The van der Waals surface area contributed by atoms with E-state index in [1.807, 2.05) is 12.1 Å². The van der Waals surface area contributed by atoms with Gasteiger partial charge in [-0.3, -0.25) is 4.72 Å². The number of sulfonamides is 1. The van der Waals surface area contributed by atoms with Crippen molar-refractivity contribution in [1.82, 2.24) is 0 Å². The number of benzene rings is 3. The van der Waals surface area contributed by atoms with E-state index in [0.717, 1.165) is 17.7 Å². The van der Waals surface area contributed by atoms with Gasteiger partial charge in [0.05, 0.1) is 32.2 Å². The fourth-order valence-electron chi connectivity index (χ4n) is 4.80. The zero-order valence-electron chi connectivity index (χ0n) is 17.7. The molecule has 0 radical (unpaired) electrons. The first-order chi connectivity index (χ1) is 16.3. The largest absolute Gasteiger partial charge is 0.478 e. The van der Waals surface area contributed by atoms with E-state index in [9.17, 15) is 18.3 Å². The summed E-state index contributed by atoms with van der Waals surface area (Å²) in [6.07, 6.45) is 4.88. The van der Waals surface area contributed by atoms with E-state index in [4.69, 9.17) is 23.2 Å². The molecule has 5 rings (SSSR count). The molecule has 0 fully saturated rings. The van der Waals surface area contributed by atoms with Crippen LogP contribution in [0, 0.1) is 5.92 Å². The molecule has 3 N–H and O–H groups in total. The topological polar surface area (TPSA) is 95.5 Å². The van der Waals surface area contributed by atoms with Crippen molar-refractivity contribution in [3.63, 3.8) is 0 Å². The molecule has 34 heavy (non-hydrogen) atoms. The number of fused-ring (bicyclic) bond motifs is 3. The average molecular weight is 515 g/mol. The number of carbonyl (C=O) groups is 1. The van der Waals surface area contributed by atoms with Gasteiger partial charge in [-0.15, -0.1) is 0 Å². The van der Waals surface area contributed by atoms with Crippen molar-refractivity contribution < 1.29 is 18.3 Å². The van der Waals surface area contributed by atoms with Crippen molar-refractivity contribution in [2.75, 3.05) is 10.0 Å². The number of rotatable bonds is 5. The van der Waals surface area contributed by atoms with Crippen LogP contribution in [0.2, 0.25) is 10.0 Å². The molecule has 0 aromatic heterocycles. The Morgan fingerprint density at radius 2 is 1.82 bits per heavy atom. The highest BCUT2D eigenvalue weighted by Gasteiger charge is 2.39. The molecule has 0 spiro atoms. The van der Waals surface area contributed by atoms with Crippen LogP contribution in [0.5, 0.6) is 0 Å². The Morgan fingerprint density at radius 1 is 1.03 bits per heavy atom. The molecule has 9 heteroatoms. The molecule has 3 atom stereocenters. The van der Waals surface area contributed by atoms with Crippen LogP contribution < -0.4 is 10.0 Å². The molecule has 3 aromatic carbocycles. The van der Waals surface area contributed by atoms with Gasteiger partial charge in [-0.05, 0) is 59.9 Å². The van der Waals surface area contributed by atoms with Crippen LogP contribution in [0.25, 0.3) is 0 Å². The molecule has 0 bridgehead atoms. The van der Waals surface area contributed by atoms with Crippen molar-refractivity contribution in [3.8, 4) is 0 Å². The predicted molar refractivity (Wildman–Crippen MR) is 133 cm³/mol. The first-order valence-corrected chi connectivity index (χ1v) is 12.9. The first kappa shape index (κ1) is 22.8. The van der Waals surface area contributed by atoms with Crippen molar-refractivity contribution in [2.45, 2.75) is 23.3 Å². The number of carboxylic acids is 1. The lowest BCUT2D eigenvalue weighted by molar-refractivity contribution is 0.0694. The molecule has 0 saturated heterocycles. The van der Waals surface area contributed by atoms with Gasteiger partial charge >= 0.3 is 5.97 Å². The van der Waals surface area contributed by atoms with Crippen LogP contribution in [-0.4, -0.2) is 19.5 Å². The summed E-state index contributed by atoms with van der Waals surface area (Å²) < 4.78 is 28.8. The summed E-state index contributed by atoms with van der Waals surface area (Å²) in [6, 6.07) is 16.4. The molecule has 3 aromatic rings. The van der Waals surface area contributed by atoms with Gasteiger partial charge in [0.1, 0.15) is 0 Å². The van der Waals surface area contributed by atoms with Crippen LogP contribution in [0.4, 0.5) is 11.4 Å². The van der Waals surface area contributed by atoms with Gasteiger partial charge in [-0.25, -0.2) is 13.2 Å². The van der Waals surface area contributed by atoms with Gasteiger partial charge in [0.25, 0.3) is 10.0 Å². The van der Waals surface area contributed by atoms with Gasteiger partial charge in [0, 0.05) is 11.6 Å². The molecule has 1 aliphatic carbocycles. The summed E-state index contributed by atoms with van der Waals surface area (Å²) in [5, 5.41) is 13.5. The van der Waals surface area contributed by atoms with E-state index < -0.39 is 16.0 Å². The Labute approximate surface area is 207 Å². The van der Waals surface area contributed by atoms with Crippen molar-refractivity contribution >= 4 is 50.6 Å². The molecule has 1 heterocycles. The van der Waals surface area contributed by atoms with E-state index in [1.165, 1.54) is 6.07 Å². The summed E-state index contributed by atoms with van der Waals surface area (Å²) in [5.74, 6) is -0.966. The van der Waals surface area contributed by atoms with Crippen LogP contribution >= 0.6 is 23.2 Å². The number of aromatic carboxylic acids is 1. The molecule has 1 aliphatic heterocycles. The Hall–Kier alpha value is -3.00. The van der Waals surface area contributed by atoms with Crippen molar-refractivity contribution in [3.05, 3.63) is 99.6 Å². The van der Waals surface area contributed by atoms with Crippen LogP contribution in [0.1, 0.15) is 39.9 Å². The highest BCUT2D eigenvalue weighted by Crippen LogP contribution is 2.50. The van der Waals surface area contributed by atoms with Gasteiger partial charge in [0.15, 0.2) is 0 Å². The lowest BCUT2D eigenvalue weighted by Gasteiger charge is -2.38. The second kappa shape index (κ2) is 8.65. The SMILES string of the molecule is O=C(O)c1ccccc1[C@H]1Nc2ccc(S(=O)(=O)Nc3cccc(Cl)c3Cl)cc2[C@H]2C=CC[C@H]21. The Kier molecular flexibility index (Phi) is 5.80. The summed E-state index contributed by atoms with van der Waals surface area (Å²) in [5.41, 5.74) is 2.80. The number of hydrogen-bond acceptors (Lipinski definition) is 4. The number of carboxylic acid groups (broad SMARTS) is 1. The fraction of sp³-hybridized carbons (Fsp3) is 0.160. The number of allylic oxidation sites excluding steroid dienone is 2. The quantitative estimate of drug-likeness (QED) is 0.346. The minimum atomic E-state index is -3.92. The Balaban J connectivity index is 1.52. The number of anilines is 2. The molecule has 2 aliphatic rings. The minimum absolute atomic E-state index is 0.0481. The molecule has 0 amide bonds. The third-order valence-corrected chi connectivity index (χ3v) is 8.55. The average Bonchev–Trinajstić information content (AvgIpc) is 3.31. The number of nitrogens with one attached hydrogen (secondary N) is 2. The normalized spacial score (nSPS) is 20.8. The lowest BCUT2D eigenvalue weighted by atomic mass is 9.76. The van der Waals surface area contributed by atoms with E-state index in [0.29, 0.717) is 5.56 Å². The van der Waals surface area contributed by atoms with E-state index >= 15 is 0 Å². The maximum Gasteiger partial charge on any atom is 0.336 e. The monoisotopic (exact) mass is 514 g/mol. The number of hydrogen-bond donors (Lipinski definition) is 3. The van der Waals surface area contributed by atoms with E-state index in [-0.39, 0.29) is 44.1 Å². The van der Waals surface area contributed by atoms with Gasteiger partial charge in [-0.1, -0.05) is 59.6 Å². The molecule has 6 nitrogen and oxygen atoms in total. The Morgan fingerprint density at radius 3 is 2.62 bits per heavy atom. The third-order valence-electron chi connectivity index (χ3n) is 6.37. The third kappa shape index (κ3) is 3.94. The maximum atomic E-state index is 13.1. The summed E-state index contributed by atoms with van der Waals surface area (Å²) in [4.78, 5) is 11.9. The van der Waals surface area contributed by atoms with Gasteiger partial charge in [-0.2, -0.15) is 0 Å². The molecule has 0 unspecified atom stereocenters. The highest BCUT2D eigenvalue weighted by atomic mass is 35.5. The van der Waals surface area contributed by atoms with Crippen LogP contribution in [-0.2, 0) is 10.0 Å². The van der Waals surface area contributed by atoms with E-state index in [2.05, 4.69) is 22.2 Å². The second-order valence-corrected chi connectivity index (χ2v) is 10.8. The van der Waals surface area contributed by atoms with Crippen LogP contribution in [0.15, 0.2) is 77.7 Å². The molecular formula is C25H20Cl2N2O4S. The zero-order chi connectivity index (χ0) is 24.0. The zero-order valence-corrected chi connectivity index (χ0v) is 20.0. The predicted octanol–water partition coefficient (Wildman–Crippen LogP) is 6.32. The standard InChI is InChI=1S/C25H20Cl2N2O4S/c26-20-9-4-10-22(23(20)27)29-34(32,33)14-11-12-21-19(13-14)15-7-3-8-16(15)24(28-21)17-5-1-2-6-18(17)25(30)31/h1-7,9-13,15-16,24,28-29H,8H2,(H,30,31)/t15-,16+,24-/m0/s1. The highest BCUT2D eigenvalue weighted by molar-refractivity contribution is 7.92. The van der Waals surface area contributed by atoms with Gasteiger partial charge in [0.2, 0.25) is 0 Å². The van der Waals surface area contributed by atoms with E-state index in [1.54, 1.807) is 42.5 Å². The molecule has 0 saturated carbocycles. The summed E-state index contributed by atoms with van der Waals surface area (Å²) in [7, 11) is -3.92. The molecule has 174 valence electrons. The summed E-state index contributed by atoms with van der Waals surface area (Å²) >= 11 is 12.2. The van der Waals surface area contributed by atoms with Crippen LogP contribution in [0.3, 0.4) is 0 Å². The lowest BCUT2D eigenvalue weighted by Crippen LogP contribution is -2.30. The smallest absolute Gasteiger partial charge is 0.336 e. The minimum Gasteiger partial charge on any atom is -0.478 e. The summed E-state index contributed by atoms with van der Waals surface area (Å²) in [6.45, 7) is 0.